The molecule has 1 atom stereocenters. The summed E-state index contributed by atoms with van der Waals surface area (Å²) in [6, 6.07) is 6.67. The molecule has 0 N–H and O–H groups in total. The number of amides is 1. The summed E-state index contributed by atoms with van der Waals surface area (Å²) < 4.78 is 24.5. The van der Waals surface area contributed by atoms with Crippen LogP contribution >= 0.6 is 0 Å². The average molecular weight is 337 g/mol. The van der Waals surface area contributed by atoms with Gasteiger partial charge in [-0.05, 0) is 37.8 Å². The predicted octanol–water partition coefficient (Wildman–Crippen LogP) is 3.52. The third-order valence-electron chi connectivity index (χ3n) is 5.10. The van der Waals surface area contributed by atoms with Crippen LogP contribution in [0.1, 0.15) is 56.3 Å². The van der Waals surface area contributed by atoms with Crippen LogP contribution in [0.3, 0.4) is 0 Å². The Hall–Kier alpha value is -1.36. The van der Waals surface area contributed by atoms with E-state index >= 15 is 0 Å². The van der Waals surface area contributed by atoms with Crippen molar-refractivity contribution in [3.05, 3.63) is 29.8 Å². The average Bonchev–Trinajstić information content (AvgIpc) is 2.60. The summed E-state index contributed by atoms with van der Waals surface area (Å²) in [6.45, 7) is 3.68. The Labute approximate surface area is 139 Å². The van der Waals surface area contributed by atoms with Crippen LogP contribution in [-0.4, -0.2) is 38.1 Å². The second-order valence-corrected chi connectivity index (χ2v) is 8.70. The summed E-state index contributed by atoms with van der Waals surface area (Å²) in [7, 11) is -1.62. The highest BCUT2D eigenvalue weighted by atomic mass is 32.2. The number of nitrogens with zero attached hydrogens (tertiary/aromatic N) is 1. The molecule has 0 aromatic heterocycles. The molecule has 4 nitrogen and oxygen atoms in total. The highest BCUT2D eigenvalue weighted by molar-refractivity contribution is 7.91. The van der Waals surface area contributed by atoms with Crippen LogP contribution in [0.4, 0.5) is 0 Å². The van der Waals surface area contributed by atoms with Crippen LogP contribution in [-0.2, 0) is 9.84 Å². The molecular formula is C18H27NO3S. The maximum atomic E-state index is 12.9. The number of carbonyl (C=O) groups excluding carboxylic acids is 1. The van der Waals surface area contributed by atoms with Crippen LogP contribution in [0.5, 0.6) is 0 Å². The van der Waals surface area contributed by atoms with E-state index in [-0.39, 0.29) is 22.6 Å². The van der Waals surface area contributed by atoms with E-state index in [0.29, 0.717) is 11.5 Å². The summed E-state index contributed by atoms with van der Waals surface area (Å²) in [5.41, 5.74) is 0.291. The fraction of sp³-hybridized carbons (Fsp3) is 0.611. The van der Waals surface area contributed by atoms with Gasteiger partial charge in [0.05, 0.1) is 16.2 Å². The van der Waals surface area contributed by atoms with E-state index in [9.17, 15) is 13.2 Å². The monoisotopic (exact) mass is 337 g/mol. The van der Waals surface area contributed by atoms with Crippen molar-refractivity contribution in [3.63, 3.8) is 0 Å². The maximum Gasteiger partial charge on any atom is 0.255 e. The van der Waals surface area contributed by atoms with Crippen LogP contribution in [0, 0.1) is 5.92 Å². The van der Waals surface area contributed by atoms with E-state index in [1.54, 1.807) is 37.1 Å². The minimum Gasteiger partial charge on any atom is -0.339 e. The van der Waals surface area contributed by atoms with Gasteiger partial charge >= 0.3 is 0 Å². The Balaban J connectivity index is 2.26. The fourth-order valence-electron chi connectivity index (χ4n) is 3.38. The van der Waals surface area contributed by atoms with Crippen molar-refractivity contribution < 1.29 is 13.2 Å². The van der Waals surface area contributed by atoms with Gasteiger partial charge in [0.25, 0.3) is 5.91 Å². The third kappa shape index (κ3) is 3.94. The Morgan fingerprint density at radius 2 is 1.83 bits per heavy atom. The molecule has 23 heavy (non-hydrogen) atoms. The first-order valence-corrected chi connectivity index (χ1v) is 10.1. The zero-order valence-corrected chi connectivity index (χ0v) is 15.1. The smallest absolute Gasteiger partial charge is 0.255 e. The molecule has 1 fully saturated rings. The van der Waals surface area contributed by atoms with E-state index < -0.39 is 9.84 Å². The topological polar surface area (TPSA) is 54.5 Å². The lowest BCUT2D eigenvalue weighted by Gasteiger charge is -2.34. The van der Waals surface area contributed by atoms with Crippen LogP contribution in [0.25, 0.3) is 0 Å². The molecule has 1 aromatic carbocycles. The number of carbonyl (C=O) groups is 1. The second kappa shape index (κ2) is 7.47. The Morgan fingerprint density at radius 1 is 1.22 bits per heavy atom. The molecule has 0 radical (unpaired) electrons. The second-order valence-electron chi connectivity index (χ2n) is 6.45. The summed E-state index contributed by atoms with van der Waals surface area (Å²) in [5, 5.41) is 0. The molecule has 1 aliphatic rings. The molecule has 1 unspecified atom stereocenters. The fourth-order valence-corrected chi connectivity index (χ4v) is 4.47. The van der Waals surface area contributed by atoms with Crippen LogP contribution < -0.4 is 0 Å². The molecule has 128 valence electrons. The number of benzene rings is 1. The van der Waals surface area contributed by atoms with Gasteiger partial charge in [-0.2, -0.15) is 0 Å². The maximum absolute atomic E-state index is 12.9. The normalized spacial score (nSPS) is 17.7. The molecule has 1 saturated carbocycles. The third-order valence-corrected chi connectivity index (χ3v) is 6.88. The highest BCUT2D eigenvalue weighted by Gasteiger charge is 2.29. The van der Waals surface area contributed by atoms with Gasteiger partial charge in [-0.1, -0.05) is 38.3 Å². The quantitative estimate of drug-likeness (QED) is 0.826. The molecule has 0 spiro atoms. The van der Waals surface area contributed by atoms with Gasteiger partial charge in [0.15, 0.2) is 9.84 Å². The molecule has 1 aromatic rings. The number of hydrogen-bond acceptors (Lipinski definition) is 3. The Bertz CT molecular complexity index is 648. The number of sulfone groups is 1. The number of hydrogen-bond donors (Lipinski definition) is 0. The first-order chi connectivity index (χ1) is 10.9. The van der Waals surface area contributed by atoms with Crippen LogP contribution in [0.15, 0.2) is 29.2 Å². The van der Waals surface area contributed by atoms with Gasteiger partial charge in [-0.15, -0.1) is 0 Å². The Kier molecular flexibility index (Phi) is 5.84. The van der Waals surface area contributed by atoms with Gasteiger partial charge in [0.2, 0.25) is 0 Å². The SMILES string of the molecule is CCS(=O)(=O)c1ccccc1C(=O)N(C)C(C)C1CCCCC1. The molecular weight excluding hydrogens is 310 g/mol. The standard InChI is InChI=1S/C18H27NO3S/c1-4-23(21,22)17-13-9-8-12-16(17)18(20)19(3)14(2)15-10-6-5-7-11-15/h8-9,12-15H,4-7,10-11H2,1-3H3. The van der Waals surface area contributed by atoms with Gasteiger partial charge in [0.1, 0.15) is 0 Å². The number of rotatable bonds is 5. The highest BCUT2D eigenvalue weighted by Crippen LogP contribution is 2.29. The molecule has 1 amide bonds. The van der Waals surface area contributed by atoms with E-state index in [1.165, 1.54) is 25.3 Å². The lowest BCUT2D eigenvalue weighted by atomic mass is 9.84. The first-order valence-electron chi connectivity index (χ1n) is 8.47. The Morgan fingerprint density at radius 3 is 2.43 bits per heavy atom. The van der Waals surface area contributed by atoms with Crippen molar-refractivity contribution >= 4 is 15.7 Å². The molecule has 2 rings (SSSR count). The molecule has 0 bridgehead atoms. The zero-order valence-electron chi connectivity index (χ0n) is 14.3. The van der Waals surface area contributed by atoms with E-state index in [0.717, 1.165) is 12.8 Å². The first kappa shape index (κ1) is 18.0. The minimum absolute atomic E-state index is 0.000807. The summed E-state index contributed by atoms with van der Waals surface area (Å²) in [6.07, 6.45) is 6.01. The van der Waals surface area contributed by atoms with Crippen molar-refractivity contribution in [2.75, 3.05) is 12.8 Å². The van der Waals surface area contributed by atoms with Crippen LogP contribution in [0.2, 0.25) is 0 Å². The van der Waals surface area contributed by atoms with Gasteiger partial charge < -0.3 is 4.90 Å². The van der Waals surface area contributed by atoms with E-state index in [1.807, 2.05) is 0 Å². The van der Waals surface area contributed by atoms with Crippen molar-refractivity contribution in [1.29, 1.82) is 0 Å². The molecule has 0 aliphatic heterocycles. The predicted molar refractivity (Wildman–Crippen MR) is 92.3 cm³/mol. The lowest BCUT2D eigenvalue weighted by molar-refractivity contribution is 0.0661. The summed E-state index contributed by atoms with van der Waals surface area (Å²) >= 11 is 0. The van der Waals surface area contributed by atoms with Crippen molar-refractivity contribution in [1.82, 2.24) is 4.90 Å². The molecule has 0 heterocycles. The van der Waals surface area contributed by atoms with E-state index in [4.69, 9.17) is 0 Å². The van der Waals surface area contributed by atoms with Gasteiger partial charge in [0, 0.05) is 13.1 Å². The minimum atomic E-state index is -3.41. The zero-order chi connectivity index (χ0) is 17.0. The molecule has 0 saturated heterocycles. The van der Waals surface area contributed by atoms with E-state index in [2.05, 4.69) is 6.92 Å². The molecule has 1 aliphatic carbocycles. The summed E-state index contributed by atoms with van der Waals surface area (Å²) in [5.74, 6) is 0.308. The molecule has 5 heteroatoms. The summed E-state index contributed by atoms with van der Waals surface area (Å²) in [4.78, 5) is 14.7. The van der Waals surface area contributed by atoms with Crippen molar-refractivity contribution in [2.45, 2.75) is 56.9 Å². The van der Waals surface area contributed by atoms with Crippen molar-refractivity contribution in [3.8, 4) is 0 Å². The van der Waals surface area contributed by atoms with Gasteiger partial charge in [-0.3, -0.25) is 4.79 Å². The van der Waals surface area contributed by atoms with Gasteiger partial charge in [-0.25, -0.2) is 8.42 Å². The van der Waals surface area contributed by atoms with Crippen molar-refractivity contribution in [2.24, 2.45) is 5.92 Å². The largest absolute Gasteiger partial charge is 0.339 e. The lowest BCUT2D eigenvalue weighted by Crippen LogP contribution is -2.41.